The molecule has 0 saturated heterocycles. The Kier molecular flexibility index (Phi) is 6.80. The van der Waals surface area contributed by atoms with Crippen molar-refractivity contribution in [2.75, 3.05) is 18.2 Å². The van der Waals surface area contributed by atoms with Crippen molar-refractivity contribution in [1.29, 1.82) is 5.26 Å². The normalized spacial score (nSPS) is 15.9. The molecule has 2 amide bonds. The average molecular weight is 422 g/mol. The number of nitrogens with zero attached hydrogens (tertiary/aromatic N) is 1. The molecule has 154 valence electrons. The summed E-state index contributed by atoms with van der Waals surface area (Å²) in [6.45, 7) is 3.93. The van der Waals surface area contributed by atoms with E-state index < -0.39 is 0 Å². The van der Waals surface area contributed by atoms with Gasteiger partial charge >= 0.3 is 0 Å². The lowest BCUT2D eigenvalue weighted by Gasteiger charge is -2.25. The molecule has 0 aliphatic carbocycles. The number of aryl methyl sites for hydroxylation is 2. The lowest BCUT2D eigenvalue weighted by Crippen LogP contribution is -2.31. The van der Waals surface area contributed by atoms with E-state index in [0.717, 1.165) is 34.1 Å². The second-order valence-electron chi connectivity index (χ2n) is 7.09. The van der Waals surface area contributed by atoms with Crippen molar-refractivity contribution in [2.24, 2.45) is 0 Å². The molecule has 2 aromatic rings. The number of carbonyl (C=O) groups excluding carboxylic acids is 2. The highest BCUT2D eigenvalue weighted by Gasteiger charge is 2.29. The van der Waals surface area contributed by atoms with E-state index in [4.69, 9.17) is 4.74 Å². The number of benzene rings is 2. The number of thioether (sulfide) groups is 1. The van der Waals surface area contributed by atoms with Crippen LogP contribution in [-0.2, 0) is 9.59 Å². The van der Waals surface area contributed by atoms with E-state index in [1.54, 1.807) is 19.2 Å². The van der Waals surface area contributed by atoms with Gasteiger partial charge in [-0.3, -0.25) is 9.59 Å². The minimum absolute atomic E-state index is 0.0867. The third-order valence-electron chi connectivity index (χ3n) is 4.88. The van der Waals surface area contributed by atoms with Gasteiger partial charge in [-0.25, -0.2) is 0 Å². The van der Waals surface area contributed by atoms with Crippen molar-refractivity contribution in [3.05, 3.63) is 69.8 Å². The van der Waals surface area contributed by atoms with E-state index in [0.29, 0.717) is 16.4 Å². The van der Waals surface area contributed by atoms with Gasteiger partial charge in [-0.1, -0.05) is 41.6 Å². The van der Waals surface area contributed by atoms with Gasteiger partial charge in [-0.15, -0.1) is 0 Å². The maximum absolute atomic E-state index is 12.4. The SMILES string of the molecule is COc1ccc([C@H]2CC(=O)NC(SCC(=O)Nc3ccc(C)cc3C)=C2C#N)cc1. The van der Waals surface area contributed by atoms with E-state index in [1.807, 2.05) is 44.2 Å². The van der Waals surface area contributed by atoms with Gasteiger partial charge in [0.15, 0.2) is 0 Å². The van der Waals surface area contributed by atoms with Crippen molar-refractivity contribution >= 4 is 29.3 Å². The summed E-state index contributed by atoms with van der Waals surface area (Å²) >= 11 is 1.16. The predicted molar refractivity (Wildman–Crippen MR) is 118 cm³/mol. The van der Waals surface area contributed by atoms with Crippen LogP contribution in [-0.4, -0.2) is 24.7 Å². The molecule has 0 radical (unpaired) electrons. The van der Waals surface area contributed by atoms with Gasteiger partial charge in [-0.2, -0.15) is 5.26 Å². The first-order valence-electron chi connectivity index (χ1n) is 9.49. The number of nitrogens with one attached hydrogen (secondary N) is 2. The third-order valence-corrected chi connectivity index (χ3v) is 5.89. The summed E-state index contributed by atoms with van der Waals surface area (Å²) in [4.78, 5) is 24.7. The Balaban J connectivity index is 1.75. The molecule has 1 atom stereocenters. The predicted octanol–water partition coefficient (Wildman–Crippen LogP) is 4.02. The average Bonchev–Trinajstić information content (AvgIpc) is 2.74. The number of allylic oxidation sites excluding steroid dienone is 1. The number of hydrogen-bond acceptors (Lipinski definition) is 5. The van der Waals surface area contributed by atoms with Crippen molar-refractivity contribution < 1.29 is 14.3 Å². The first-order valence-corrected chi connectivity index (χ1v) is 10.5. The van der Waals surface area contributed by atoms with E-state index in [-0.39, 0.29) is 29.9 Å². The van der Waals surface area contributed by atoms with Crippen LogP contribution in [0.3, 0.4) is 0 Å². The standard InChI is InChI=1S/C23H23N3O3S/c1-14-4-9-20(15(2)10-14)25-22(28)13-30-23-19(12-24)18(11-21(27)26-23)16-5-7-17(29-3)8-6-16/h4-10,18H,11,13H2,1-3H3,(H,25,28)(H,26,27)/t18-/m1/s1. The van der Waals surface area contributed by atoms with E-state index >= 15 is 0 Å². The molecule has 0 saturated carbocycles. The zero-order valence-electron chi connectivity index (χ0n) is 17.1. The molecule has 0 spiro atoms. The first kappa shape index (κ1) is 21.5. The highest BCUT2D eigenvalue weighted by atomic mass is 32.2. The molecule has 0 aromatic heterocycles. The minimum Gasteiger partial charge on any atom is -0.497 e. The number of amides is 2. The Morgan fingerprint density at radius 2 is 2.00 bits per heavy atom. The molecule has 3 rings (SSSR count). The molecule has 6 nitrogen and oxygen atoms in total. The monoisotopic (exact) mass is 421 g/mol. The number of methoxy groups -OCH3 is 1. The molecule has 2 aromatic carbocycles. The molecule has 0 fully saturated rings. The second-order valence-corrected chi connectivity index (χ2v) is 8.07. The molecular weight excluding hydrogens is 398 g/mol. The van der Waals surface area contributed by atoms with Crippen LogP contribution in [0.25, 0.3) is 0 Å². The third kappa shape index (κ3) is 5.02. The number of rotatable bonds is 6. The number of carbonyl (C=O) groups is 2. The number of ether oxygens (including phenoxy) is 1. The van der Waals surface area contributed by atoms with E-state index in [2.05, 4.69) is 16.7 Å². The highest BCUT2D eigenvalue weighted by Crippen LogP contribution is 2.36. The molecule has 0 unspecified atom stereocenters. The van der Waals surface area contributed by atoms with Crippen LogP contribution in [0.2, 0.25) is 0 Å². The summed E-state index contributed by atoms with van der Waals surface area (Å²) in [6, 6.07) is 15.4. The maximum Gasteiger partial charge on any atom is 0.234 e. The quantitative estimate of drug-likeness (QED) is 0.735. The van der Waals surface area contributed by atoms with Crippen molar-refractivity contribution in [3.63, 3.8) is 0 Å². The molecule has 7 heteroatoms. The fourth-order valence-electron chi connectivity index (χ4n) is 3.33. The van der Waals surface area contributed by atoms with Crippen molar-refractivity contribution in [1.82, 2.24) is 5.32 Å². The number of hydrogen-bond donors (Lipinski definition) is 2. The van der Waals surface area contributed by atoms with Crippen LogP contribution < -0.4 is 15.4 Å². The van der Waals surface area contributed by atoms with Crippen LogP contribution in [0.15, 0.2) is 53.1 Å². The summed E-state index contributed by atoms with van der Waals surface area (Å²) < 4.78 is 5.18. The van der Waals surface area contributed by atoms with Gasteiger partial charge in [-0.05, 0) is 43.2 Å². The van der Waals surface area contributed by atoms with Crippen molar-refractivity contribution in [3.8, 4) is 11.8 Å². The van der Waals surface area contributed by atoms with E-state index in [9.17, 15) is 14.9 Å². The maximum atomic E-state index is 12.4. The van der Waals surface area contributed by atoms with Crippen molar-refractivity contribution in [2.45, 2.75) is 26.2 Å². The summed E-state index contributed by atoms with van der Waals surface area (Å²) in [6.07, 6.45) is 0.189. The van der Waals surface area contributed by atoms with Gasteiger partial charge in [0.2, 0.25) is 11.8 Å². The van der Waals surface area contributed by atoms with Crippen LogP contribution in [0.4, 0.5) is 5.69 Å². The smallest absolute Gasteiger partial charge is 0.234 e. The summed E-state index contributed by atoms with van der Waals surface area (Å²) in [5.74, 6) is 0.0760. The lowest BCUT2D eigenvalue weighted by atomic mass is 9.87. The Bertz CT molecular complexity index is 1040. The molecule has 2 N–H and O–H groups in total. The zero-order valence-corrected chi connectivity index (χ0v) is 17.9. The van der Waals surface area contributed by atoms with Gasteiger partial charge in [0, 0.05) is 18.0 Å². The molecule has 30 heavy (non-hydrogen) atoms. The number of anilines is 1. The Labute approximate surface area is 180 Å². The van der Waals surface area contributed by atoms with Crippen LogP contribution in [0.5, 0.6) is 5.75 Å². The Morgan fingerprint density at radius 3 is 2.63 bits per heavy atom. The van der Waals surface area contributed by atoms with Crippen LogP contribution in [0.1, 0.15) is 29.0 Å². The van der Waals surface area contributed by atoms with Gasteiger partial charge in [0.1, 0.15) is 5.75 Å². The minimum atomic E-state index is -0.348. The number of nitriles is 1. The highest BCUT2D eigenvalue weighted by molar-refractivity contribution is 8.03. The Hall–Kier alpha value is -3.24. The van der Waals surface area contributed by atoms with Gasteiger partial charge < -0.3 is 15.4 Å². The zero-order chi connectivity index (χ0) is 21.7. The fourth-order valence-corrected chi connectivity index (χ4v) is 4.21. The second kappa shape index (κ2) is 9.51. The fraction of sp³-hybridized carbons (Fsp3) is 0.261. The summed E-state index contributed by atoms with van der Waals surface area (Å²) in [5, 5.41) is 15.8. The lowest BCUT2D eigenvalue weighted by molar-refractivity contribution is -0.121. The van der Waals surface area contributed by atoms with Crippen LogP contribution >= 0.6 is 11.8 Å². The largest absolute Gasteiger partial charge is 0.497 e. The van der Waals surface area contributed by atoms with Crippen LogP contribution in [0, 0.1) is 25.2 Å². The molecule has 1 heterocycles. The summed E-state index contributed by atoms with van der Waals surface area (Å²) in [5.41, 5.74) is 4.18. The van der Waals surface area contributed by atoms with Gasteiger partial charge in [0.05, 0.1) is 29.5 Å². The molecule has 0 bridgehead atoms. The topological polar surface area (TPSA) is 91.2 Å². The molecule has 1 aliphatic heterocycles. The molecule has 1 aliphatic rings. The van der Waals surface area contributed by atoms with Gasteiger partial charge in [0.25, 0.3) is 0 Å². The first-order chi connectivity index (χ1) is 14.4. The van der Waals surface area contributed by atoms with E-state index in [1.165, 1.54) is 0 Å². The Morgan fingerprint density at radius 1 is 1.27 bits per heavy atom. The molecular formula is C23H23N3O3S. The summed E-state index contributed by atoms with van der Waals surface area (Å²) in [7, 11) is 1.58.